The Labute approximate surface area is 240 Å². The molecule has 1 aliphatic carbocycles. The first kappa shape index (κ1) is 36.6. The van der Waals surface area contributed by atoms with Crippen LogP contribution in [0.4, 0.5) is 0 Å². The van der Waals surface area contributed by atoms with Crippen LogP contribution in [0.5, 0.6) is 0 Å². The molecule has 0 aromatic rings. The third-order valence-corrected chi connectivity index (χ3v) is 9.17. The number of carbonyl (C=O) groups is 1. The molecule has 0 aliphatic heterocycles. The molecule has 232 valence electrons. The van der Waals surface area contributed by atoms with E-state index in [2.05, 4.69) is 6.92 Å². The van der Waals surface area contributed by atoms with Crippen LogP contribution in [0.1, 0.15) is 142 Å². The molecule has 1 saturated carbocycles. The molecular weight excluding hydrogens is 513 g/mol. The fourth-order valence-electron chi connectivity index (χ4n) is 5.70. The van der Waals surface area contributed by atoms with Crippen LogP contribution in [0.15, 0.2) is 0 Å². The van der Waals surface area contributed by atoms with Crippen LogP contribution in [0.2, 0.25) is 0 Å². The van der Waals surface area contributed by atoms with Gasteiger partial charge in [0.05, 0.1) is 39.3 Å². The monoisotopic (exact) mass is 576 g/mol. The lowest BCUT2D eigenvalue weighted by atomic mass is 9.79. The van der Waals surface area contributed by atoms with Crippen molar-refractivity contribution in [3.8, 4) is 0 Å². The van der Waals surface area contributed by atoms with Crippen molar-refractivity contribution in [3.05, 3.63) is 0 Å². The second-order valence-electron chi connectivity index (χ2n) is 12.7. The molecule has 8 heteroatoms. The summed E-state index contributed by atoms with van der Waals surface area (Å²) in [6, 6.07) is 0. The van der Waals surface area contributed by atoms with Crippen molar-refractivity contribution in [2.75, 3.05) is 40.9 Å². The fraction of sp³-hybridized carbons (Fsp3) is 0.968. The standard InChI is InChI=1S/C31H62NO6P/c1-6-8-9-10-11-12-13-14-15-16-17-18-19-20-21-22-25-31(30(33)36-7-2)26-23-24-29(31)38-39(34,35)37-28-27-32(3,4)5/h29H,6-28H2,1-5H3/p+1/t29-,31-/m1/s1. The number of hydrogen-bond donors (Lipinski definition) is 1. The number of phosphoric ester groups is 1. The van der Waals surface area contributed by atoms with Crippen LogP contribution < -0.4 is 0 Å². The van der Waals surface area contributed by atoms with Crippen molar-refractivity contribution in [1.29, 1.82) is 0 Å². The summed E-state index contributed by atoms with van der Waals surface area (Å²) < 4.78 is 29.7. The van der Waals surface area contributed by atoms with Crippen molar-refractivity contribution in [2.24, 2.45) is 5.41 Å². The van der Waals surface area contributed by atoms with Gasteiger partial charge >= 0.3 is 13.8 Å². The molecule has 0 aromatic carbocycles. The first-order valence-electron chi connectivity index (χ1n) is 16.2. The van der Waals surface area contributed by atoms with Gasteiger partial charge in [-0.15, -0.1) is 0 Å². The van der Waals surface area contributed by atoms with Gasteiger partial charge in [-0.05, 0) is 32.6 Å². The van der Waals surface area contributed by atoms with Crippen LogP contribution in [-0.4, -0.2) is 62.4 Å². The van der Waals surface area contributed by atoms with Gasteiger partial charge < -0.3 is 14.1 Å². The van der Waals surface area contributed by atoms with E-state index in [0.29, 0.717) is 36.9 Å². The van der Waals surface area contributed by atoms with Gasteiger partial charge in [0.25, 0.3) is 0 Å². The summed E-state index contributed by atoms with van der Waals surface area (Å²) in [7, 11) is 1.72. The fourth-order valence-corrected chi connectivity index (χ4v) is 6.70. The topological polar surface area (TPSA) is 82.1 Å². The van der Waals surface area contributed by atoms with Crippen LogP contribution in [0, 0.1) is 5.41 Å². The first-order valence-corrected chi connectivity index (χ1v) is 17.7. The Balaban J connectivity index is 2.32. The van der Waals surface area contributed by atoms with Gasteiger partial charge in [-0.25, -0.2) is 4.57 Å². The number of phosphoric acid groups is 1. The Bertz CT molecular complexity index is 682. The zero-order valence-corrected chi connectivity index (χ0v) is 27.1. The molecule has 0 bridgehead atoms. The number of ether oxygens (including phenoxy) is 1. The quantitative estimate of drug-likeness (QED) is 0.0507. The molecule has 0 spiro atoms. The minimum absolute atomic E-state index is 0.121. The predicted molar refractivity (Wildman–Crippen MR) is 161 cm³/mol. The van der Waals surface area contributed by atoms with Gasteiger partial charge in [-0.1, -0.05) is 110 Å². The summed E-state index contributed by atoms with van der Waals surface area (Å²) in [5.74, 6) is -0.292. The Kier molecular flexibility index (Phi) is 19.1. The van der Waals surface area contributed by atoms with E-state index in [-0.39, 0.29) is 12.6 Å². The van der Waals surface area contributed by atoms with Crippen molar-refractivity contribution in [1.82, 2.24) is 0 Å². The van der Waals surface area contributed by atoms with Crippen LogP contribution >= 0.6 is 7.82 Å². The maximum absolute atomic E-state index is 13.1. The average molecular weight is 577 g/mol. The molecule has 1 N–H and O–H groups in total. The van der Waals surface area contributed by atoms with Gasteiger partial charge in [0.1, 0.15) is 13.2 Å². The number of unbranched alkanes of at least 4 members (excludes halogenated alkanes) is 15. The second-order valence-corrected chi connectivity index (χ2v) is 14.1. The molecule has 1 unspecified atom stereocenters. The van der Waals surface area contributed by atoms with Gasteiger partial charge in [-0.2, -0.15) is 0 Å². The average Bonchev–Trinajstić information content (AvgIpc) is 3.25. The number of carbonyl (C=O) groups excluding carboxylic acids is 1. The number of nitrogens with zero attached hydrogens (tertiary/aromatic N) is 1. The van der Waals surface area contributed by atoms with Gasteiger partial charge in [0.15, 0.2) is 0 Å². The Morgan fingerprint density at radius 2 is 1.33 bits per heavy atom. The van der Waals surface area contributed by atoms with Crippen molar-refractivity contribution in [3.63, 3.8) is 0 Å². The third kappa shape index (κ3) is 16.5. The minimum atomic E-state index is -4.26. The second kappa shape index (κ2) is 20.4. The summed E-state index contributed by atoms with van der Waals surface area (Å²) in [6.45, 7) is 5.07. The smallest absolute Gasteiger partial charge is 0.465 e. The molecular formula is C31H63NO6P+. The number of quaternary nitrogens is 1. The van der Waals surface area contributed by atoms with Gasteiger partial charge in [-0.3, -0.25) is 13.8 Å². The summed E-state index contributed by atoms with van der Waals surface area (Å²) in [4.78, 5) is 23.5. The van der Waals surface area contributed by atoms with E-state index in [4.69, 9.17) is 13.8 Å². The molecule has 3 atom stereocenters. The van der Waals surface area contributed by atoms with E-state index in [9.17, 15) is 14.3 Å². The molecule has 39 heavy (non-hydrogen) atoms. The highest BCUT2D eigenvalue weighted by atomic mass is 31.2. The molecule has 1 fully saturated rings. The number of esters is 1. The summed E-state index contributed by atoms with van der Waals surface area (Å²) in [6.07, 6.45) is 22.8. The van der Waals surface area contributed by atoms with E-state index < -0.39 is 19.3 Å². The van der Waals surface area contributed by atoms with E-state index in [1.807, 2.05) is 21.1 Å². The highest BCUT2D eigenvalue weighted by molar-refractivity contribution is 7.47. The van der Waals surface area contributed by atoms with Crippen molar-refractivity contribution >= 4 is 13.8 Å². The Hall–Kier alpha value is -0.460. The summed E-state index contributed by atoms with van der Waals surface area (Å²) >= 11 is 0. The zero-order valence-electron chi connectivity index (χ0n) is 26.2. The lowest BCUT2D eigenvalue weighted by molar-refractivity contribution is -0.870. The molecule has 1 aliphatic rings. The molecule has 1 rings (SSSR count). The number of rotatable bonds is 25. The minimum Gasteiger partial charge on any atom is -0.465 e. The maximum Gasteiger partial charge on any atom is 0.472 e. The first-order chi connectivity index (χ1) is 18.6. The molecule has 0 aromatic heterocycles. The number of likely N-dealkylation sites (N-methyl/N-ethyl adjacent to an activating group) is 1. The highest BCUT2D eigenvalue weighted by Gasteiger charge is 2.52. The van der Waals surface area contributed by atoms with Crippen molar-refractivity contribution in [2.45, 2.75) is 148 Å². The van der Waals surface area contributed by atoms with E-state index in [1.54, 1.807) is 6.92 Å². The van der Waals surface area contributed by atoms with Crippen LogP contribution in [-0.2, 0) is 23.1 Å². The van der Waals surface area contributed by atoms with Crippen LogP contribution in [0.25, 0.3) is 0 Å². The largest absolute Gasteiger partial charge is 0.472 e. The Morgan fingerprint density at radius 1 is 0.846 bits per heavy atom. The number of hydrogen-bond acceptors (Lipinski definition) is 5. The summed E-state index contributed by atoms with van der Waals surface area (Å²) in [5.41, 5.74) is -0.853. The molecule has 0 amide bonds. The molecule has 0 radical (unpaired) electrons. The highest BCUT2D eigenvalue weighted by Crippen LogP contribution is 2.54. The normalized spacial score (nSPS) is 21.2. The van der Waals surface area contributed by atoms with E-state index in [1.165, 1.54) is 83.5 Å². The molecule has 0 saturated heterocycles. The lowest BCUT2D eigenvalue weighted by Gasteiger charge is -2.33. The van der Waals surface area contributed by atoms with E-state index in [0.717, 1.165) is 25.7 Å². The van der Waals surface area contributed by atoms with Gasteiger partial charge in [0, 0.05) is 0 Å². The van der Waals surface area contributed by atoms with Crippen LogP contribution in [0.3, 0.4) is 0 Å². The Morgan fingerprint density at radius 3 is 1.79 bits per heavy atom. The SMILES string of the molecule is CCCCCCCCCCCCCCCCCC[C@@]1(C(=O)OCC)CCC[C@H]1OP(=O)(O)OCC[N+](C)(C)C. The van der Waals surface area contributed by atoms with Gasteiger partial charge in [0.2, 0.25) is 0 Å². The van der Waals surface area contributed by atoms with E-state index >= 15 is 0 Å². The lowest BCUT2D eigenvalue weighted by Crippen LogP contribution is -2.41. The maximum atomic E-state index is 13.1. The predicted octanol–water partition coefficient (Wildman–Crippen LogP) is 8.58. The van der Waals surface area contributed by atoms with Crippen molar-refractivity contribution < 1.29 is 32.5 Å². The zero-order chi connectivity index (χ0) is 29.0. The molecule has 7 nitrogen and oxygen atoms in total. The summed E-state index contributed by atoms with van der Waals surface area (Å²) in [5, 5.41) is 0. The third-order valence-electron chi connectivity index (χ3n) is 8.14. The molecule has 0 heterocycles.